The summed E-state index contributed by atoms with van der Waals surface area (Å²) in [4.78, 5) is 0. The first-order valence-electron chi connectivity index (χ1n) is 2.49. The topological polar surface area (TPSA) is 0 Å². The first-order valence-corrected chi connectivity index (χ1v) is 12.3. The third-order valence-electron chi connectivity index (χ3n) is 0.839. The van der Waals surface area contributed by atoms with Gasteiger partial charge in [0, 0.05) is 11.6 Å². The van der Waals surface area contributed by atoms with E-state index in [1.165, 1.54) is 14.8 Å². The molecule has 0 amide bonds. The Kier molecular flexibility index (Phi) is 6.97. The minimum absolute atomic E-state index is 0.138. The summed E-state index contributed by atoms with van der Waals surface area (Å²) in [6, 6.07) is 4.42. The zero-order valence-corrected chi connectivity index (χ0v) is 12.1. The predicted octanol–water partition coefficient (Wildman–Crippen LogP) is 3.41. The van der Waals surface area contributed by atoms with Gasteiger partial charge in [0.2, 0.25) is 0 Å². The van der Waals surface area contributed by atoms with Gasteiger partial charge in [-0.15, -0.1) is 12.1 Å². The molecule has 0 radical (unpaired) electrons. The van der Waals surface area contributed by atoms with Crippen LogP contribution in [0, 0.1) is 17.7 Å². The normalized spacial score (nSPS) is 8.55. The van der Waals surface area contributed by atoms with E-state index in [-0.39, 0.29) is 4.47 Å². The molecule has 0 aromatic heterocycles. The molecule has 56 valence electrons. The second kappa shape index (κ2) is 6.43. The van der Waals surface area contributed by atoms with Crippen molar-refractivity contribution in [1.29, 1.82) is 0 Å². The van der Waals surface area contributed by atoms with Gasteiger partial charge >= 0.3 is 34.5 Å². The van der Waals surface area contributed by atoms with Gasteiger partial charge in [-0.05, 0) is 4.47 Å². The maximum atomic E-state index is 12.3. The van der Waals surface area contributed by atoms with Gasteiger partial charge < -0.3 is 0 Å². The minimum atomic E-state index is -0.630. The predicted molar refractivity (Wildman–Crippen MR) is 46.9 cm³/mol. The standard InChI is InChI=1S/C6H2BrF2.HI.Zn/c7-6-4(8)2-1-3-5(6)9;;/h2-3H;1H;/q-1;;+2/p-1. The quantitative estimate of drug-likeness (QED) is 0.278. The van der Waals surface area contributed by atoms with Crippen LogP contribution in [-0.4, -0.2) is 0 Å². The van der Waals surface area contributed by atoms with Crippen molar-refractivity contribution in [3.05, 3.63) is 34.3 Å². The van der Waals surface area contributed by atoms with Gasteiger partial charge in [0.25, 0.3) is 0 Å². The Bertz CT molecular complexity index is 212. The van der Waals surface area contributed by atoms with Crippen LogP contribution in [0.3, 0.4) is 0 Å². The van der Waals surface area contributed by atoms with Crippen molar-refractivity contribution in [3.63, 3.8) is 0 Å². The van der Waals surface area contributed by atoms with Crippen LogP contribution in [-0.2, 0) is 14.8 Å². The van der Waals surface area contributed by atoms with Crippen LogP contribution in [0.5, 0.6) is 0 Å². The Morgan fingerprint density at radius 3 is 1.91 bits per heavy atom. The molecule has 0 heterocycles. The molecule has 0 unspecified atom stereocenters. The average molecular weight is 384 g/mol. The zero-order valence-electron chi connectivity index (χ0n) is 5.37. The molecule has 0 aliphatic heterocycles. The zero-order chi connectivity index (χ0) is 8.85. The monoisotopic (exact) mass is 382 g/mol. The molecule has 11 heavy (non-hydrogen) atoms. The van der Waals surface area contributed by atoms with Crippen LogP contribution in [0.15, 0.2) is 16.6 Å². The summed E-state index contributed by atoms with van der Waals surface area (Å²) < 4.78 is 24.4. The van der Waals surface area contributed by atoms with Crippen LogP contribution in [0.25, 0.3) is 0 Å². The van der Waals surface area contributed by atoms with Crippen molar-refractivity contribution in [2.45, 2.75) is 0 Å². The van der Waals surface area contributed by atoms with Gasteiger partial charge in [-0.3, -0.25) is 8.78 Å². The van der Waals surface area contributed by atoms with E-state index in [1.807, 2.05) is 0 Å². The third kappa shape index (κ3) is 3.90. The molecular weight excluding hydrogens is 382 g/mol. The van der Waals surface area contributed by atoms with Crippen molar-refractivity contribution in [2.75, 3.05) is 0 Å². The summed E-state index contributed by atoms with van der Waals surface area (Å²) in [5.41, 5.74) is 0. The fourth-order valence-electron chi connectivity index (χ4n) is 0.429. The summed E-state index contributed by atoms with van der Waals surface area (Å²) in [5, 5.41) is 0. The second-order valence-corrected chi connectivity index (χ2v) is 2.26. The van der Waals surface area contributed by atoms with Crippen LogP contribution in [0.1, 0.15) is 0 Å². The van der Waals surface area contributed by atoms with Crippen LogP contribution in [0.2, 0.25) is 0 Å². The van der Waals surface area contributed by atoms with E-state index in [1.54, 1.807) is 0 Å². The molecule has 1 aromatic carbocycles. The fourth-order valence-corrected chi connectivity index (χ4v) is 0.658. The number of hydrogen-bond donors (Lipinski definition) is 0. The molecule has 0 aliphatic carbocycles. The number of halogens is 4. The Balaban J connectivity index is 0.000000461. The van der Waals surface area contributed by atoms with E-state index >= 15 is 0 Å². The van der Waals surface area contributed by atoms with E-state index in [2.05, 4.69) is 41.7 Å². The van der Waals surface area contributed by atoms with E-state index in [4.69, 9.17) is 0 Å². The maximum absolute atomic E-state index is 12.3. The van der Waals surface area contributed by atoms with Crippen molar-refractivity contribution < 1.29 is 23.6 Å². The molecule has 0 spiro atoms. The summed E-state index contributed by atoms with van der Waals surface area (Å²) in [7, 11) is 0. The molecule has 0 bridgehead atoms. The van der Waals surface area contributed by atoms with Crippen molar-refractivity contribution in [3.8, 4) is 0 Å². The van der Waals surface area contributed by atoms with Crippen LogP contribution >= 0.6 is 35.7 Å². The molecule has 5 heteroatoms. The number of benzene rings is 1. The van der Waals surface area contributed by atoms with Crippen molar-refractivity contribution >= 4 is 35.7 Å². The van der Waals surface area contributed by atoms with Crippen LogP contribution < -0.4 is 0 Å². The first kappa shape index (κ1) is 11.9. The molecule has 0 saturated carbocycles. The summed E-state index contributed by atoms with van der Waals surface area (Å²) in [6.45, 7) is 0. The number of rotatable bonds is 0. The molecule has 0 saturated heterocycles. The third-order valence-corrected chi connectivity index (χ3v) is 1.60. The van der Waals surface area contributed by atoms with Gasteiger partial charge in [-0.25, -0.2) is 0 Å². The van der Waals surface area contributed by atoms with E-state index in [0.717, 1.165) is 12.1 Å². The molecule has 1 rings (SSSR count). The van der Waals surface area contributed by atoms with Gasteiger partial charge in [0.15, 0.2) is 0 Å². The molecule has 1 aromatic rings. The molecule has 0 nitrogen and oxygen atoms in total. The Morgan fingerprint density at radius 2 is 1.64 bits per heavy atom. The van der Waals surface area contributed by atoms with E-state index in [9.17, 15) is 8.78 Å². The van der Waals surface area contributed by atoms with E-state index in [0.29, 0.717) is 0 Å². The Morgan fingerprint density at radius 1 is 1.27 bits per heavy atom. The second-order valence-electron chi connectivity index (χ2n) is 1.47. The molecule has 0 aliphatic rings. The molecular formula is C6H2BrF2IZn. The van der Waals surface area contributed by atoms with Crippen LogP contribution in [0.4, 0.5) is 8.78 Å². The first-order chi connectivity index (χ1) is 5.22. The summed E-state index contributed by atoms with van der Waals surface area (Å²) in [5.74, 6) is -1.26. The van der Waals surface area contributed by atoms with Crippen molar-refractivity contribution in [2.24, 2.45) is 0 Å². The summed E-state index contributed by atoms with van der Waals surface area (Å²) in [6.07, 6.45) is 0. The van der Waals surface area contributed by atoms with Crippen molar-refractivity contribution in [1.82, 2.24) is 0 Å². The number of hydrogen-bond acceptors (Lipinski definition) is 0. The van der Waals surface area contributed by atoms with Gasteiger partial charge in [-0.2, -0.15) is 6.07 Å². The Labute approximate surface area is 92.7 Å². The Hall–Kier alpha value is 0.913. The average Bonchev–Trinajstić information content (AvgIpc) is 2.04. The van der Waals surface area contributed by atoms with E-state index < -0.39 is 11.6 Å². The molecule has 0 atom stereocenters. The molecule has 0 fully saturated rings. The fraction of sp³-hybridized carbons (Fsp3) is 0. The SMILES string of the molecule is Fc1c[c-]cc(F)c1Br.[Zn+][I]. The van der Waals surface area contributed by atoms with Gasteiger partial charge in [0.05, 0.1) is 0 Å². The van der Waals surface area contributed by atoms with Gasteiger partial charge in [0.1, 0.15) is 0 Å². The van der Waals surface area contributed by atoms with Gasteiger partial charge in [-0.1, -0.05) is 15.9 Å². The molecule has 0 N–H and O–H groups in total. The summed E-state index contributed by atoms with van der Waals surface area (Å²) >= 11 is 6.33.